The van der Waals surface area contributed by atoms with Crippen molar-refractivity contribution in [1.82, 2.24) is 15.0 Å². The maximum Gasteiger partial charge on any atom is 0.280 e. The van der Waals surface area contributed by atoms with Crippen LogP contribution in [0.5, 0.6) is 0 Å². The normalized spacial score (nSPS) is 10.1. The van der Waals surface area contributed by atoms with Gasteiger partial charge in [0.05, 0.1) is 24.4 Å². The average Bonchev–Trinajstić information content (AvgIpc) is 2.95. The zero-order valence-corrected chi connectivity index (χ0v) is 11.0. The lowest BCUT2D eigenvalue weighted by atomic mass is 10.2. The van der Waals surface area contributed by atoms with Gasteiger partial charge in [-0.1, -0.05) is 5.21 Å². The van der Waals surface area contributed by atoms with Gasteiger partial charge in [0.25, 0.3) is 5.91 Å². The average molecular weight is 270 g/mol. The molecular formula is C13H14N6O. The summed E-state index contributed by atoms with van der Waals surface area (Å²) in [6.45, 7) is 0.948. The second-order valence-corrected chi connectivity index (χ2v) is 4.18. The minimum Gasteiger partial charge on any atom is -0.329 e. The Bertz CT molecular complexity index is 640. The van der Waals surface area contributed by atoms with E-state index in [1.807, 2.05) is 6.07 Å². The smallest absolute Gasteiger partial charge is 0.280 e. The van der Waals surface area contributed by atoms with Crippen molar-refractivity contribution in [1.29, 1.82) is 5.26 Å². The first kappa shape index (κ1) is 13.7. The van der Waals surface area contributed by atoms with Gasteiger partial charge in [0.15, 0.2) is 5.69 Å². The van der Waals surface area contributed by atoms with Crippen LogP contribution in [0.1, 0.15) is 16.1 Å². The second kappa shape index (κ2) is 5.95. The van der Waals surface area contributed by atoms with Gasteiger partial charge in [0.2, 0.25) is 0 Å². The van der Waals surface area contributed by atoms with E-state index in [4.69, 9.17) is 11.0 Å². The number of rotatable bonds is 4. The van der Waals surface area contributed by atoms with Crippen molar-refractivity contribution in [3.63, 3.8) is 0 Å². The van der Waals surface area contributed by atoms with E-state index in [0.29, 0.717) is 24.3 Å². The van der Waals surface area contributed by atoms with Crippen LogP contribution in [-0.4, -0.2) is 34.5 Å². The van der Waals surface area contributed by atoms with Gasteiger partial charge < -0.3 is 10.6 Å². The van der Waals surface area contributed by atoms with Crippen molar-refractivity contribution in [2.45, 2.75) is 6.54 Å². The highest BCUT2D eigenvalue weighted by molar-refractivity contribution is 6.04. The molecule has 0 spiro atoms. The van der Waals surface area contributed by atoms with Crippen molar-refractivity contribution < 1.29 is 4.79 Å². The van der Waals surface area contributed by atoms with Crippen LogP contribution in [0.15, 0.2) is 30.5 Å². The van der Waals surface area contributed by atoms with Crippen LogP contribution in [0.4, 0.5) is 5.69 Å². The van der Waals surface area contributed by atoms with Gasteiger partial charge >= 0.3 is 0 Å². The van der Waals surface area contributed by atoms with E-state index >= 15 is 0 Å². The van der Waals surface area contributed by atoms with Crippen LogP contribution in [0.25, 0.3) is 0 Å². The maximum atomic E-state index is 12.2. The Morgan fingerprint density at radius 3 is 2.75 bits per heavy atom. The topological polar surface area (TPSA) is 101 Å². The zero-order valence-electron chi connectivity index (χ0n) is 11.0. The van der Waals surface area contributed by atoms with Gasteiger partial charge in [0, 0.05) is 19.3 Å². The molecule has 2 N–H and O–H groups in total. The molecule has 1 aromatic heterocycles. The number of carbonyl (C=O) groups is 1. The summed E-state index contributed by atoms with van der Waals surface area (Å²) in [4.78, 5) is 13.7. The summed E-state index contributed by atoms with van der Waals surface area (Å²) in [6, 6.07) is 8.76. The van der Waals surface area contributed by atoms with Crippen LogP contribution in [-0.2, 0) is 6.54 Å². The highest BCUT2D eigenvalue weighted by atomic mass is 16.2. The number of nitriles is 1. The Morgan fingerprint density at radius 2 is 2.15 bits per heavy atom. The third-order valence-corrected chi connectivity index (χ3v) is 2.80. The van der Waals surface area contributed by atoms with Gasteiger partial charge in [-0.25, -0.2) is 0 Å². The number of hydrogen-bond acceptors (Lipinski definition) is 5. The molecule has 0 aliphatic rings. The van der Waals surface area contributed by atoms with Crippen LogP contribution in [0.3, 0.4) is 0 Å². The minimum atomic E-state index is -0.266. The number of aromatic nitrogens is 3. The fourth-order valence-corrected chi connectivity index (χ4v) is 1.69. The molecule has 7 heteroatoms. The molecule has 0 radical (unpaired) electrons. The lowest BCUT2D eigenvalue weighted by Gasteiger charge is -2.15. The van der Waals surface area contributed by atoms with E-state index < -0.39 is 0 Å². The molecule has 102 valence electrons. The summed E-state index contributed by atoms with van der Waals surface area (Å²) < 4.78 is 1.53. The molecule has 1 heterocycles. The number of amides is 1. The first-order valence-corrected chi connectivity index (χ1v) is 6.04. The van der Waals surface area contributed by atoms with Crippen LogP contribution in [0.2, 0.25) is 0 Å². The summed E-state index contributed by atoms with van der Waals surface area (Å²) in [5, 5.41) is 16.4. The number of carbonyl (C=O) groups excluding carboxylic acids is 1. The molecule has 0 fully saturated rings. The molecule has 7 nitrogen and oxygen atoms in total. The zero-order chi connectivity index (χ0) is 14.5. The molecule has 0 unspecified atom stereocenters. The van der Waals surface area contributed by atoms with Crippen LogP contribution in [0, 0.1) is 11.3 Å². The van der Waals surface area contributed by atoms with E-state index in [1.54, 1.807) is 37.5 Å². The first-order valence-electron chi connectivity index (χ1n) is 6.04. The fraction of sp³-hybridized carbons (Fsp3) is 0.231. The van der Waals surface area contributed by atoms with E-state index in [1.165, 1.54) is 9.58 Å². The lowest BCUT2D eigenvalue weighted by Crippen LogP contribution is -2.26. The summed E-state index contributed by atoms with van der Waals surface area (Å²) in [7, 11) is 1.64. The molecule has 0 saturated heterocycles. The summed E-state index contributed by atoms with van der Waals surface area (Å²) in [5.41, 5.74) is 6.90. The standard InChI is InChI=1S/C13H14N6O/c1-18(11-4-2-10(8-15)3-5-11)13(20)12-9-19(7-6-14)17-16-12/h2-5,9H,6-7,14H2,1H3. The third-order valence-electron chi connectivity index (χ3n) is 2.80. The van der Waals surface area contributed by atoms with Crippen LogP contribution >= 0.6 is 0 Å². The van der Waals surface area contributed by atoms with Crippen molar-refractivity contribution in [2.24, 2.45) is 5.73 Å². The molecule has 2 rings (SSSR count). The quantitative estimate of drug-likeness (QED) is 0.865. The largest absolute Gasteiger partial charge is 0.329 e. The Hall–Kier alpha value is -2.72. The molecule has 0 aliphatic heterocycles. The van der Waals surface area contributed by atoms with Gasteiger partial charge in [0.1, 0.15) is 0 Å². The third kappa shape index (κ3) is 2.81. The fourth-order valence-electron chi connectivity index (χ4n) is 1.69. The van der Waals surface area contributed by atoms with E-state index in [9.17, 15) is 4.79 Å². The van der Waals surface area contributed by atoms with Crippen molar-refractivity contribution >= 4 is 11.6 Å². The lowest BCUT2D eigenvalue weighted by molar-refractivity contribution is 0.0988. The number of nitrogens with zero attached hydrogens (tertiary/aromatic N) is 5. The molecular weight excluding hydrogens is 256 g/mol. The van der Waals surface area contributed by atoms with Crippen molar-refractivity contribution in [3.8, 4) is 6.07 Å². The minimum absolute atomic E-state index is 0.255. The highest BCUT2D eigenvalue weighted by Crippen LogP contribution is 2.15. The predicted molar refractivity (Wildman–Crippen MR) is 73.0 cm³/mol. The first-order chi connectivity index (χ1) is 9.65. The molecule has 0 saturated carbocycles. The summed E-state index contributed by atoms with van der Waals surface area (Å²) >= 11 is 0. The van der Waals surface area contributed by atoms with Gasteiger partial charge in [-0.2, -0.15) is 5.26 Å². The Labute approximate surface area is 116 Å². The molecule has 1 aromatic carbocycles. The monoisotopic (exact) mass is 270 g/mol. The van der Waals surface area contributed by atoms with Gasteiger partial charge in [-0.15, -0.1) is 5.10 Å². The molecule has 0 bridgehead atoms. The predicted octanol–water partition coefficient (Wildman–Crippen LogP) is 0.385. The highest BCUT2D eigenvalue weighted by Gasteiger charge is 2.17. The second-order valence-electron chi connectivity index (χ2n) is 4.18. The molecule has 0 atom stereocenters. The summed E-state index contributed by atoms with van der Waals surface area (Å²) in [6.07, 6.45) is 1.56. The molecule has 0 aliphatic carbocycles. The number of anilines is 1. The Balaban J connectivity index is 2.16. The van der Waals surface area contributed by atoms with E-state index in [2.05, 4.69) is 10.3 Å². The van der Waals surface area contributed by atoms with Crippen LogP contribution < -0.4 is 10.6 Å². The maximum absolute atomic E-state index is 12.2. The molecule has 20 heavy (non-hydrogen) atoms. The SMILES string of the molecule is CN(C(=O)c1cn(CCN)nn1)c1ccc(C#N)cc1. The van der Waals surface area contributed by atoms with Gasteiger partial charge in [-0.3, -0.25) is 9.48 Å². The number of nitrogens with two attached hydrogens (primary N) is 1. The van der Waals surface area contributed by atoms with Crippen molar-refractivity contribution in [2.75, 3.05) is 18.5 Å². The van der Waals surface area contributed by atoms with E-state index in [-0.39, 0.29) is 11.6 Å². The molecule has 1 amide bonds. The number of hydrogen-bond donors (Lipinski definition) is 1. The Kier molecular flexibility index (Phi) is 4.08. The number of benzene rings is 1. The van der Waals surface area contributed by atoms with Crippen molar-refractivity contribution in [3.05, 3.63) is 41.7 Å². The molecule has 2 aromatic rings. The van der Waals surface area contributed by atoms with E-state index in [0.717, 1.165) is 0 Å². The van der Waals surface area contributed by atoms with Gasteiger partial charge in [-0.05, 0) is 24.3 Å². The Morgan fingerprint density at radius 1 is 1.45 bits per heavy atom. The summed E-state index contributed by atoms with van der Waals surface area (Å²) in [5.74, 6) is -0.266.